The molecule has 3 rings (SSSR count). The largest absolute Gasteiger partial charge is 0.342 e. The van der Waals surface area contributed by atoms with Crippen LogP contribution in [0.1, 0.15) is 23.7 Å². The molecule has 0 atom stereocenters. The maximum absolute atomic E-state index is 12.8. The standard InChI is InChI=1S/C18H19N3OS/c1-3-11-20(2)18(22)15-13-21(14-8-5-4-6-9-14)19-17(15)16-10-7-12-23-16/h4-10,12-13H,3,11H2,1-2H3. The lowest BCUT2D eigenvalue weighted by Crippen LogP contribution is -2.27. The van der Waals surface area contributed by atoms with E-state index in [2.05, 4.69) is 12.0 Å². The van der Waals surface area contributed by atoms with Crippen LogP contribution in [0.2, 0.25) is 0 Å². The predicted octanol–water partition coefficient (Wildman–Crippen LogP) is 4.08. The molecule has 0 unspecified atom stereocenters. The summed E-state index contributed by atoms with van der Waals surface area (Å²) >= 11 is 1.59. The van der Waals surface area contributed by atoms with Gasteiger partial charge in [0.05, 0.1) is 16.1 Å². The first-order chi connectivity index (χ1) is 11.2. The molecule has 0 saturated carbocycles. The lowest BCUT2D eigenvalue weighted by molar-refractivity contribution is 0.0796. The molecule has 0 aliphatic rings. The van der Waals surface area contributed by atoms with Crippen molar-refractivity contribution in [1.82, 2.24) is 14.7 Å². The average molecular weight is 325 g/mol. The molecule has 0 saturated heterocycles. The van der Waals surface area contributed by atoms with Gasteiger partial charge in [-0.15, -0.1) is 11.3 Å². The molecule has 118 valence electrons. The first kappa shape index (κ1) is 15.5. The van der Waals surface area contributed by atoms with Crippen molar-refractivity contribution >= 4 is 17.2 Å². The normalized spacial score (nSPS) is 10.7. The summed E-state index contributed by atoms with van der Waals surface area (Å²) in [7, 11) is 1.84. The molecule has 23 heavy (non-hydrogen) atoms. The summed E-state index contributed by atoms with van der Waals surface area (Å²) in [4.78, 5) is 15.5. The number of para-hydroxylation sites is 1. The third kappa shape index (κ3) is 3.19. The summed E-state index contributed by atoms with van der Waals surface area (Å²) in [6, 6.07) is 13.8. The fourth-order valence-corrected chi connectivity index (χ4v) is 3.20. The molecule has 0 bridgehead atoms. The highest BCUT2D eigenvalue weighted by Gasteiger charge is 2.21. The highest BCUT2D eigenvalue weighted by Crippen LogP contribution is 2.28. The number of thiophene rings is 1. The van der Waals surface area contributed by atoms with Crippen LogP contribution in [0.4, 0.5) is 0 Å². The van der Waals surface area contributed by atoms with Gasteiger partial charge in [-0.2, -0.15) is 5.10 Å². The Balaban J connectivity index is 2.06. The summed E-state index contributed by atoms with van der Waals surface area (Å²) in [6.45, 7) is 2.80. The highest BCUT2D eigenvalue weighted by molar-refractivity contribution is 7.13. The van der Waals surface area contributed by atoms with Gasteiger partial charge in [-0.25, -0.2) is 4.68 Å². The van der Waals surface area contributed by atoms with Gasteiger partial charge in [-0.1, -0.05) is 31.2 Å². The van der Waals surface area contributed by atoms with Gasteiger partial charge < -0.3 is 4.90 Å². The molecule has 4 nitrogen and oxygen atoms in total. The fraction of sp³-hybridized carbons (Fsp3) is 0.222. The van der Waals surface area contributed by atoms with Crippen LogP contribution in [-0.2, 0) is 0 Å². The molecule has 1 amide bonds. The lowest BCUT2D eigenvalue weighted by atomic mass is 10.2. The Bertz CT molecular complexity index is 778. The summed E-state index contributed by atoms with van der Waals surface area (Å²) in [6.07, 6.45) is 2.77. The van der Waals surface area contributed by atoms with Gasteiger partial charge in [0.2, 0.25) is 0 Å². The van der Waals surface area contributed by atoms with E-state index in [1.165, 1.54) is 0 Å². The quantitative estimate of drug-likeness (QED) is 0.709. The Morgan fingerprint density at radius 2 is 2.00 bits per heavy atom. The second-order valence-corrected chi connectivity index (χ2v) is 6.32. The Hall–Kier alpha value is -2.40. The third-order valence-electron chi connectivity index (χ3n) is 3.63. The molecule has 2 heterocycles. The van der Waals surface area contributed by atoms with Crippen molar-refractivity contribution in [2.75, 3.05) is 13.6 Å². The molecular weight excluding hydrogens is 306 g/mol. The highest BCUT2D eigenvalue weighted by atomic mass is 32.1. The van der Waals surface area contributed by atoms with Gasteiger partial charge in [-0.3, -0.25) is 4.79 Å². The number of hydrogen-bond donors (Lipinski definition) is 0. The number of carbonyl (C=O) groups excluding carboxylic acids is 1. The molecule has 3 aromatic rings. The van der Waals surface area contributed by atoms with Crippen LogP contribution >= 0.6 is 11.3 Å². The smallest absolute Gasteiger partial charge is 0.257 e. The van der Waals surface area contributed by atoms with Gasteiger partial charge in [0, 0.05) is 19.8 Å². The van der Waals surface area contributed by atoms with Gasteiger partial charge in [0.15, 0.2) is 0 Å². The zero-order valence-corrected chi connectivity index (χ0v) is 14.1. The Labute approximate surface area is 140 Å². The SMILES string of the molecule is CCCN(C)C(=O)c1cn(-c2ccccc2)nc1-c1cccs1. The summed E-state index contributed by atoms with van der Waals surface area (Å²) in [5, 5.41) is 6.67. The zero-order chi connectivity index (χ0) is 16.2. The topological polar surface area (TPSA) is 38.1 Å². The molecule has 1 aromatic carbocycles. The lowest BCUT2D eigenvalue weighted by Gasteiger charge is -2.15. The third-order valence-corrected chi connectivity index (χ3v) is 4.50. The van der Waals surface area contributed by atoms with Crippen molar-refractivity contribution in [2.24, 2.45) is 0 Å². The van der Waals surface area contributed by atoms with Crippen LogP contribution in [-0.4, -0.2) is 34.2 Å². The molecule has 5 heteroatoms. The van der Waals surface area contributed by atoms with Crippen LogP contribution in [0.25, 0.3) is 16.3 Å². The number of benzene rings is 1. The number of nitrogens with zero attached hydrogens (tertiary/aromatic N) is 3. The van der Waals surface area contributed by atoms with Crippen LogP contribution in [0.3, 0.4) is 0 Å². The summed E-state index contributed by atoms with van der Waals surface area (Å²) < 4.78 is 1.78. The number of amides is 1. The van der Waals surface area contributed by atoms with E-state index in [1.807, 2.05) is 61.1 Å². The predicted molar refractivity (Wildman–Crippen MR) is 94.1 cm³/mol. The second-order valence-electron chi connectivity index (χ2n) is 5.38. The zero-order valence-electron chi connectivity index (χ0n) is 13.3. The van der Waals surface area contributed by atoms with E-state index < -0.39 is 0 Å². The molecule has 0 fully saturated rings. The minimum atomic E-state index is 0.0115. The van der Waals surface area contributed by atoms with E-state index in [1.54, 1.807) is 20.9 Å². The van der Waals surface area contributed by atoms with Gasteiger partial charge >= 0.3 is 0 Å². The molecule has 0 radical (unpaired) electrons. The number of hydrogen-bond acceptors (Lipinski definition) is 3. The van der Waals surface area contributed by atoms with E-state index in [0.29, 0.717) is 5.56 Å². The van der Waals surface area contributed by atoms with E-state index >= 15 is 0 Å². The molecule has 0 aliphatic carbocycles. The first-order valence-electron chi connectivity index (χ1n) is 7.65. The maximum atomic E-state index is 12.8. The minimum Gasteiger partial charge on any atom is -0.342 e. The van der Waals surface area contributed by atoms with E-state index in [0.717, 1.165) is 29.2 Å². The van der Waals surface area contributed by atoms with Crippen molar-refractivity contribution in [3.05, 3.63) is 59.6 Å². The van der Waals surface area contributed by atoms with Crippen LogP contribution in [0, 0.1) is 0 Å². The van der Waals surface area contributed by atoms with Crippen LogP contribution in [0.5, 0.6) is 0 Å². The molecule has 0 spiro atoms. The number of aromatic nitrogens is 2. The van der Waals surface area contributed by atoms with Crippen molar-refractivity contribution < 1.29 is 4.79 Å². The van der Waals surface area contributed by atoms with Gasteiger partial charge in [0.25, 0.3) is 5.91 Å². The van der Waals surface area contributed by atoms with Crippen molar-refractivity contribution in [3.8, 4) is 16.3 Å². The number of carbonyl (C=O) groups is 1. The Morgan fingerprint density at radius 3 is 2.65 bits per heavy atom. The fourth-order valence-electron chi connectivity index (χ4n) is 2.48. The van der Waals surface area contributed by atoms with Crippen molar-refractivity contribution in [2.45, 2.75) is 13.3 Å². The van der Waals surface area contributed by atoms with Crippen LogP contribution in [0.15, 0.2) is 54.0 Å². The van der Waals surface area contributed by atoms with E-state index in [4.69, 9.17) is 0 Å². The van der Waals surface area contributed by atoms with E-state index in [-0.39, 0.29) is 5.91 Å². The molecule has 2 aromatic heterocycles. The van der Waals surface area contributed by atoms with Gasteiger partial charge in [0.1, 0.15) is 5.69 Å². The Morgan fingerprint density at radius 1 is 1.22 bits per heavy atom. The molecule has 0 N–H and O–H groups in total. The first-order valence-corrected chi connectivity index (χ1v) is 8.53. The van der Waals surface area contributed by atoms with Gasteiger partial charge in [-0.05, 0) is 30.0 Å². The molecular formula is C18H19N3OS. The average Bonchev–Trinajstić information content (AvgIpc) is 3.24. The minimum absolute atomic E-state index is 0.0115. The second kappa shape index (κ2) is 6.79. The van der Waals surface area contributed by atoms with E-state index in [9.17, 15) is 4.79 Å². The van der Waals surface area contributed by atoms with Crippen LogP contribution < -0.4 is 0 Å². The number of rotatable bonds is 5. The Kier molecular flexibility index (Phi) is 4.57. The summed E-state index contributed by atoms with van der Waals surface area (Å²) in [5.74, 6) is 0.0115. The summed E-state index contributed by atoms with van der Waals surface area (Å²) in [5.41, 5.74) is 2.34. The van der Waals surface area contributed by atoms with Crippen molar-refractivity contribution in [1.29, 1.82) is 0 Å². The maximum Gasteiger partial charge on any atom is 0.257 e. The molecule has 0 aliphatic heterocycles. The monoisotopic (exact) mass is 325 g/mol. The van der Waals surface area contributed by atoms with Crippen molar-refractivity contribution in [3.63, 3.8) is 0 Å².